The van der Waals surface area contributed by atoms with Crippen LogP contribution in [0.2, 0.25) is 0 Å². The molecule has 2 N–H and O–H groups in total. The van der Waals surface area contributed by atoms with Gasteiger partial charge in [0.1, 0.15) is 0 Å². The lowest BCUT2D eigenvalue weighted by molar-refractivity contribution is 0.213. The van der Waals surface area contributed by atoms with Crippen molar-refractivity contribution in [1.82, 2.24) is 9.88 Å². The maximum absolute atomic E-state index is 5.82. The first kappa shape index (κ1) is 13.3. The molecular formula is C14H24N4. The second-order valence-corrected chi connectivity index (χ2v) is 5.22. The van der Waals surface area contributed by atoms with Gasteiger partial charge >= 0.3 is 0 Å². The summed E-state index contributed by atoms with van der Waals surface area (Å²) in [6.45, 7) is 7.50. The minimum atomic E-state index is 0.00919. The van der Waals surface area contributed by atoms with Crippen molar-refractivity contribution in [3.05, 3.63) is 24.0 Å². The Morgan fingerprint density at radius 3 is 2.78 bits per heavy atom. The molecule has 18 heavy (non-hydrogen) atoms. The van der Waals surface area contributed by atoms with Crippen LogP contribution in [0.4, 0.5) is 5.69 Å². The summed E-state index contributed by atoms with van der Waals surface area (Å²) in [5, 5.41) is 0. The lowest BCUT2D eigenvalue weighted by Crippen LogP contribution is -2.51. The number of likely N-dealkylation sites (N-methyl/N-ethyl adjacent to an activating group) is 1. The number of anilines is 1. The van der Waals surface area contributed by atoms with E-state index in [1.807, 2.05) is 19.2 Å². The summed E-state index contributed by atoms with van der Waals surface area (Å²) in [5.74, 6) is 0. The molecule has 0 saturated carbocycles. The SMILES string of the molecule is CCC1CN(c2ccc([C@@H](C)N)nc2)CCN1C. The second kappa shape index (κ2) is 5.67. The van der Waals surface area contributed by atoms with E-state index in [4.69, 9.17) is 5.73 Å². The monoisotopic (exact) mass is 248 g/mol. The number of hydrogen-bond acceptors (Lipinski definition) is 4. The Labute approximate surface area is 110 Å². The summed E-state index contributed by atoms with van der Waals surface area (Å²) in [6.07, 6.45) is 3.15. The first-order chi connectivity index (χ1) is 8.61. The van der Waals surface area contributed by atoms with Crippen molar-refractivity contribution in [3.63, 3.8) is 0 Å². The zero-order valence-electron chi connectivity index (χ0n) is 11.6. The molecule has 4 heteroatoms. The van der Waals surface area contributed by atoms with Crippen LogP contribution in [-0.2, 0) is 0 Å². The highest BCUT2D eigenvalue weighted by molar-refractivity contribution is 5.45. The molecule has 1 aliphatic heterocycles. The van der Waals surface area contributed by atoms with Gasteiger partial charge in [-0.15, -0.1) is 0 Å². The van der Waals surface area contributed by atoms with Crippen LogP contribution in [-0.4, -0.2) is 42.6 Å². The molecule has 0 aliphatic carbocycles. The Morgan fingerprint density at radius 1 is 1.44 bits per heavy atom. The number of nitrogens with two attached hydrogens (primary N) is 1. The topological polar surface area (TPSA) is 45.4 Å². The summed E-state index contributed by atoms with van der Waals surface area (Å²) in [4.78, 5) is 9.31. The summed E-state index contributed by atoms with van der Waals surface area (Å²) in [6, 6.07) is 4.84. The summed E-state index contributed by atoms with van der Waals surface area (Å²) >= 11 is 0. The van der Waals surface area contributed by atoms with Crippen molar-refractivity contribution in [3.8, 4) is 0 Å². The predicted octanol–water partition coefficient (Wildman–Crippen LogP) is 1.63. The van der Waals surface area contributed by atoms with Gasteiger partial charge in [0.2, 0.25) is 0 Å². The van der Waals surface area contributed by atoms with Gasteiger partial charge in [0.25, 0.3) is 0 Å². The zero-order valence-corrected chi connectivity index (χ0v) is 11.6. The van der Waals surface area contributed by atoms with E-state index in [-0.39, 0.29) is 6.04 Å². The lowest BCUT2D eigenvalue weighted by atomic mass is 10.1. The molecule has 1 aliphatic rings. The van der Waals surface area contributed by atoms with Gasteiger partial charge in [-0.2, -0.15) is 0 Å². The fourth-order valence-electron chi connectivity index (χ4n) is 2.48. The first-order valence-corrected chi connectivity index (χ1v) is 6.78. The summed E-state index contributed by atoms with van der Waals surface area (Å²) in [7, 11) is 2.21. The van der Waals surface area contributed by atoms with E-state index in [1.165, 1.54) is 12.1 Å². The van der Waals surface area contributed by atoms with E-state index in [2.05, 4.69) is 34.8 Å². The van der Waals surface area contributed by atoms with E-state index < -0.39 is 0 Å². The molecule has 1 unspecified atom stereocenters. The number of rotatable bonds is 3. The molecule has 2 rings (SSSR count). The van der Waals surface area contributed by atoms with Crippen LogP contribution in [0.25, 0.3) is 0 Å². The number of aromatic nitrogens is 1. The minimum Gasteiger partial charge on any atom is -0.367 e. The van der Waals surface area contributed by atoms with Crippen molar-refractivity contribution < 1.29 is 0 Å². The van der Waals surface area contributed by atoms with Gasteiger partial charge in [0.05, 0.1) is 17.6 Å². The molecule has 2 atom stereocenters. The van der Waals surface area contributed by atoms with Crippen LogP contribution in [0.15, 0.2) is 18.3 Å². The molecule has 0 spiro atoms. The standard InChI is InChI=1S/C14H24N4/c1-4-12-10-18(8-7-17(12)3)13-5-6-14(11(2)15)16-9-13/h5-6,9,11-12H,4,7-8,10,15H2,1-3H3/t11-,12?/m1/s1. The number of piperazine rings is 1. The van der Waals surface area contributed by atoms with E-state index in [0.717, 1.165) is 25.3 Å². The molecule has 4 nitrogen and oxygen atoms in total. The molecule has 0 aromatic carbocycles. The lowest BCUT2D eigenvalue weighted by Gasteiger charge is -2.40. The van der Waals surface area contributed by atoms with Gasteiger partial charge in [-0.05, 0) is 32.5 Å². The van der Waals surface area contributed by atoms with Crippen LogP contribution in [0.3, 0.4) is 0 Å². The largest absolute Gasteiger partial charge is 0.367 e. The Hall–Kier alpha value is -1.13. The van der Waals surface area contributed by atoms with Crippen LogP contribution >= 0.6 is 0 Å². The van der Waals surface area contributed by atoms with Gasteiger partial charge in [-0.3, -0.25) is 9.88 Å². The third-order valence-corrected chi connectivity index (χ3v) is 3.85. The maximum atomic E-state index is 5.82. The van der Waals surface area contributed by atoms with Crippen LogP contribution in [0.5, 0.6) is 0 Å². The highest BCUT2D eigenvalue weighted by Crippen LogP contribution is 2.20. The van der Waals surface area contributed by atoms with Crippen molar-refractivity contribution >= 4 is 5.69 Å². The highest BCUT2D eigenvalue weighted by atomic mass is 15.3. The van der Waals surface area contributed by atoms with E-state index in [0.29, 0.717) is 6.04 Å². The average molecular weight is 248 g/mol. The van der Waals surface area contributed by atoms with E-state index in [1.54, 1.807) is 0 Å². The molecule has 2 heterocycles. The normalized spacial score (nSPS) is 23.1. The quantitative estimate of drug-likeness (QED) is 0.883. The van der Waals surface area contributed by atoms with Crippen molar-refractivity contribution in [1.29, 1.82) is 0 Å². The molecule has 1 aromatic heterocycles. The smallest absolute Gasteiger partial charge is 0.0569 e. The molecule has 0 radical (unpaired) electrons. The first-order valence-electron chi connectivity index (χ1n) is 6.78. The summed E-state index contributed by atoms with van der Waals surface area (Å²) in [5.41, 5.74) is 7.99. The molecule has 100 valence electrons. The van der Waals surface area contributed by atoms with Gasteiger partial charge in [-0.1, -0.05) is 6.92 Å². The van der Waals surface area contributed by atoms with Crippen molar-refractivity contribution in [2.75, 3.05) is 31.6 Å². The van der Waals surface area contributed by atoms with Gasteiger partial charge in [0, 0.05) is 31.7 Å². The predicted molar refractivity (Wildman–Crippen MR) is 75.8 cm³/mol. The molecule has 1 aromatic rings. The van der Waals surface area contributed by atoms with E-state index in [9.17, 15) is 0 Å². The van der Waals surface area contributed by atoms with E-state index >= 15 is 0 Å². The molecule has 0 amide bonds. The fourth-order valence-corrected chi connectivity index (χ4v) is 2.48. The van der Waals surface area contributed by atoms with Gasteiger partial charge < -0.3 is 10.6 Å². The van der Waals surface area contributed by atoms with Gasteiger partial charge in [-0.25, -0.2) is 0 Å². The summed E-state index contributed by atoms with van der Waals surface area (Å²) < 4.78 is 0. The molecule has 1 fully saturated rings. The van der Waals surface area contributed by atoms with Crippen LogP contribution in [0.1, 0.15) is 32.0 Å². The maximum Gasteiger partial charge on any atom is 0.0569 e. The van der Waals surface area contributed by atoms with Crippen LogP contribution < -0.4 is 10.6 Å². The van der Waals surface area contributed by atoms with Gasteiger partial charge in [0.15, 0.2) is 0 Å². The van der Waals surface area contributed by atoms with Crippen molar-refractivity contribution in [2.45, 2.75) is 32.4 Å². The third kappa shape index (κ3) is 2.82. The fraction of sp³-hybridized carbons (Fsp3) is 0.643. The Morgan fingerprint density at radius 2 is 2.22 bits per heavy atom. The van der Waals surface area contributed by atoms with Crippen molar-refractivity contribution in [2.24, 2.45) is 5.73 Å². The number of nitrogens with zero attached hydrogens (tertiary/aromatic N) is 3. The Balaban J connectivity index is 2.07. The molecular weight excluding hydrogens is 224 g/mol. The number of pyridine rings is 1. The Bertz CT molecular complexity index is 374. The average Bonchev–Trinajstić information content (AvgIpc) is 2.39. The highest BCUT2D eigenvalue weighted by Gasteiger charge is 2.23. The molecule has 0 bridgehead atoms. The zero-order chi connectivity index (χ0) is 13.1. The number of hydrogen-bond donors (Lipinski definition) is 1. The minimum absolute atomic E-state index is 0.00919. The third-order valence-electron chi connectivity index (χ3n) is 3.85. The molecule has 1 saturated heterocycles. The van der Waals surface area contributed by atoms with Crippen LogP contribution in [0, 0.1) is 0 Å². The Kier molecular flexibility index (Phi) is 4.19. The second-order valence-electron chi connectivity index (χ2n) is 5.22.